The molecule has 5 heteroatoms. The molecule has 0 spiro atoms. The van der Waals surface area contributed by atoms with E-state index in [0.29, 0.717) is 5.56 Å². The molecule has 16 heavy (non-hydrogen) atoms. The lowest BCUT2D eigenvalue weighted by atomic mass is 10.1. The van der Waals surface area contributed by atoms with Crippen LogP contribution in [0.3, 0.4) is 0 Å². The van der Waals surface area contributed by atoms with Gasteiger partial charge in [-0.25, -0.2) is 4.98 Å². The van der Waals surface area contributed by atoms with E-state index < -0.39 is 5.54 Å². The number of carbonyl (C=O) groups is 1. The average molecular weight is 240 g/mol. The van der Waals surface area contributed by atoms with Crippen LogP contribution in [0.25, 0.3) is 0 Å². The first-order chi connectivity index (χ1) is 7.48. The van der Waals surface area contributed by atoms with Crippen LogP contribution < -0.4 is 5.32 Å². The molecule has 0 saturated carbocycles. The lowest BCUT2D eigenvalue weighted by molar-refractivity contribution is 0.0869. The van der Waals surface area contributed by atoms with E-state index in [1.54, 1.807) is 26.0 Å². The van der Waals surface area contributed by atoms with Gasteiger partial charge in [-0.1, -0.05) is 0 Å². The molecule has 0 unspecified atom stereocenters. The summed E-state index contributed by atoms with van der Waals surface area (Å²) < 4.78 is 0. The van der Waals surface area contributed by atoms with Crippen molar-refractivity contribution >= 4 is 17.7 Å². The van der Waals surface area contributed by atoms with Gasteiger partial charge in [0.05, 0.1) is 22.7 Å². The molecule has 0 atom stereocenters. The lowest BCUT2D eigenvalue weighted by Gasteiger charge is -2.23. The van der Waals surface area contributed by atoms with Gasteiger partial charge in [0.25, 0.3) is 5.91 Å². The van der Waals surface area contributed by atoms with Crippen molar-refractivity contribution in [3.8, 4) is 0 Å². The monoisotopic (exact) mass is 240 g/mol. The molecule has 1 aromatic heterocycles. The van der Waals surface area contributed by atoms with Crippen LogP contribution in [0.15, 0.2) is 23.4 Å². The molecule has 4 nitrogen and oxygen atoms in total. The Labute approximate surface area is 99.5 Å². The van der Waals surface area contributed by atoms with Crippen LogP contribution in [-0.4, -0.2) is 34.4 Å². The van der Waals surface area contributed by atoms with Crippen molar-refractivity contribution in [1.82, 2.24) is 10.3 Å². The molecule has 0 aromatic carbocycles. The van der Waals surface area contributed by atoms with Gasteiger partial charge in [0.2, 0.25) is 0 Å². The molecular formula is C11H16N2O2S. The number of hydrogen-bond acceptors (Lipinski definition) is 4. The largest absolute Gasteiger partial charge is 0.394 e. The normalized spacial score (nSPS) is 11.2. The quantitative estimate of drug-likeness (QED) is 0.779. The zero-order chi connectivity index (χ0) is 12.2. The van der Waals surface area contributed by atoms with Gasteiger partial charge in [0.1, 0.15) is 0 Å². The maximum absolute atomic E-state index is 11.7. The number of aliphatic hydroxyl groups is 1. The van der Waals surface area contributed by atoms with Crippen molar-refractivity contribution in [1.29, 1.82) is 0 Å². The second-order valence-corrected chi connectivity index (χ2v) is 4.91. The second kappa shape index (κ2) is 5.32. The summed E-state index contributed by atoms with van der Waals surface area (Å²) in [5, 5.41) is 12.6. The third kappa shape index (κ3) is 3.50. The number of aliphatic hydroxyl groups excluding tert-OH is 1. The molecule has 0 aliphatic heterocycles. The summed E-state index contributed by atoms with van der Waals surface area (Å²) in [5.41, 5.74) is -0.116. The Kier molecular flexibility index (Phi) is 4.32. The summed E-state index contributed by atoms with van der Waals surface area (Å²) in [6.45, 7) is 3.41. The minimum Gasteiger partial charge on any atom is -0.394 e. The van der Waals surface area contributed by atoms with Gasteiger partial charge in [-0.3, -0.25) is 4.79 Å². The summed E-state index contributed by atoms with van der Waals surface area (Å²) >= 11 is 1.52. The van der Waals surface area contributed by atoms with Gasteiger partial charge < -0.3 is 10.4 Å². The van der Waals surface area contributed by atoms with E-state index >= 15 is 0 Å². The van der Waals surface area contributed by atoms with E-state index in [1.165, 1.54) is 18.0 Å². The Bertz CT molecular complexity index is 363. The van der Waals surface area contributed by atoms with Crippen LogP contribution in [0.2, 0.25) is 0 Å². The highest BCUT2D eigenvalue weighted by molar-refractivity contribution is 7.98. The predicted octanol–water partition coefficient (Wildman–Crippen LogP) is 1.30. The van der Waals surface area contributed by atoms with Crippen molar-refractivity contribution in [3.05, 3.63) is 23.9 Å². The van der Waals surface area contributed by atoms with Gasteiger partial charge in [-0.15, -0.1) is 11.8 Å². The molecule has 0 saturated heterocycles. The molecule has 1 rings (SSSR count). The second-order valence-electron chi connectivity index (χ2n) is 4.09. The Morgan fingerprint density at radius 2 is 2.25 bits per heavy atom. The first kappa shape index (κ1) is 13.0. The molecule has 1 aromatic rings. The number of thioether (sulfide) groups is 1. The van der Waals surface area contributed by atoms with E-state index in [0.717, 1.165) is 5.03 Å². The summed E-state index contributed by atoms with van der Waals surface area (Å²) in [4.78, 5) is 15.9. The standard InChI is InChI=1S/C11H16N2O2S/c1-11(2,7-14)13-10(15)8-4-5-9(16-3)12-6-8/h4-6,14H,7H2,1-3H3,(H,13,15). The van der Waals surface area contributed by atoms with Gasteiger partial charge in [-0.2, -0.15) is 0 Å². The Morgan fingerprint density at radius 3 is 2.69 bits per heavy atom. The highest BCUT2D eigenvalue weighted by Gasteiger charge is 2.19. The zero-order valence-corrected chi connectivity index (χ0v) is 10.5. The number of nitrogens with zero attached hydrogens (tertiary/aromatic N) is 1. The summed E-state index contributed by atoms with van der Waals surface area (Å²) in [5.74, 6) is -0.223. The topological polar surface area (TPSA) is 62.2 Å². The third-order valence-corrected chi connectivity index (χ3v) is 2.71. The van der Waals surface area contributed by atoms with Gasteiger partial charge in [0.15, 0.2) is 0 Å². The van der Waals surface area contributed by atoms with Crippen molar-refractivity contribution in [2.24, 2.45) is 0 Å². The Balaban J connectivity index is 2.73. The highest BCUT2D eigenvalue weighted by Crippen LogP contribution is 2.11. The molecule has 0 aliphatic carbocycles. The van der Waals surface area contributed by atoms with Crippen LogP contribution in [0.5, 0.6) is 0 Å². The fraction of sp³-hybridized carbons (Fsp3) is 0.455. The SMILES string of the molecule is CSc1ccc(C(=O)NC(C)(C)CO)cn1. The molecule has 1 amide bonds. The van der Waals surface area contributed by atoms with E-state index in [2.05, 4.69) is 10.3 Å². The Hall–Kier alpha value is -1.07. The molecule has 0 bridgehead atoms. The molecule has 88 valence electrons. The number of carbonyl (C=O) groups excluding carboxylic acids is 1. The van der Waals surface area contributed by atoms with Gasteiger partial charge in [-0.05, 0) is 32.2 Å². The molecule has 0 radical (unpaired) electrons. The summed E-state index contributed by atoms with van der Waals surface area (Å²) in [7, 11) is 0. The number of nitrogens with one attached hydrogen (secondary N) is 1. The molecule has 0 aliphatic rings. The highest BCUT2D eigenvalue weighted by atomic mass is 32.2. The number of amides is 1. The van der Waals surface area contributed by atoms with Crippen molar-refractivity contribution < 1.29 is 9.90 Å². The molecule has 0 fully saturated rings. The predicted molar refractivity (Wildman–Crippen MR) is 64.6 cm³/mol. The van der Waals surface area contributed by atoms with Crippen LogP contribution in [0.1, 0.15) is 24.2 Å². The van der Waals surface area contributed by atoms with Crippen molar-refractivity contribution in [2.75, 3.05) is 12.9 Å². The number of hydrogen-bond donors (Lipinski definition) is 2. The van der Waals surface area contributed by atoms with Crippen LogP contribution in [-0.2, 0) is 0 Å². The van der Waals surface area contributed by atoms with Crippen LogP contribution in [0.4, 0.5) is 0 Å². The van der Waals surface area contributed by atoms with E-state index in [-0.39, 0.29) is 12.5 Å². The third-order valence-electron chi connectivity index (χ3n) is 2.05. The first-order valence-electron chi connectivity index (χ1n) is 4.92. The fourth-order valence-electron chi connectivity index (χ4n) is 1.05. The molecule has 1 heterocycles. The minimum absolute atomic E-state index is 0.102. The van der Waals surface area contributed by atoms with Gasteiger partial charge >= 0.3 is 0 Å². The number of aromatic nitrogens is 1. The summed E-state index contributed by atoms with van der Waals surface area (Å²) in [6, 6.07) is 3.52. The van der Waals surface area contributed by atoms with E-state index in [4.69, 9.17) is 5.11 Å². The maximum Gasteiger partial charge on any atom is 0.253 e. The van der Waals surface area contributed by atoms with E-state index in [9.17, 15) is 4.79 Å². The molecular weight excluding hydrogens is 224 g/mol. The molecule has 2 N–H and O–H groups in total. The van der Waals surface area contributed by atoms with Crippen LogP contribution >= 0.6 is 11.8 Å². The average Bonchev–Trinajstić information content (AvgIpc) is 2.28. The fourth-order valence-corrected chi connectivity index (χ4v) is 1.42. The lowest BCUT2D eigenvalue weighted by Crippen LogP contribution is -2.46. The van der Waals surface area contributed by atoms with E-state index in [1.807, 2.05) is 6.26 Å². The van der Waals surface area contributed by atoms with Crippen LogP contribution in [0, 0.1) is 0 Å². The smallest absolute Gasteiger partial charge is 0.253 e. The Morgan fingerprint density at radius 1 is 1.56 bits per heavy atom. The number of rotatable bonds is 4. The van der Waals surface area contributed by atoms with Gasteiger partial charge in [0, 0.05) is 6.20 Å². The maximum atomic E-state index is 11.7. The van der Waals surface area contributed by atoms with Crippen molar-refractivity contribution in [2.45, 2.75) is 24.4 Å². The minimum atomic E-state index is -0.616. The first-order valence-corrected chi connectivity index (χ1v) is 6.14. The zero-order valence-electron chi connectivity index (χ0n) is 9.65. The van der Waals surface area contributed by atoms with Crippen molar-refractivity contribution in [3.63, 3.8) is 0 Å². The number of pyridine rings is 1. The summed E-state index contributed by atoms with van der Waals surface area (Å²) in [6.07, 6.45) is 3.46.